The van der Waals surface area contributed by atoms with Gasteiger partial charge in [0.05, 0.1) is 17.9 Å². The quantitative estimate of drug-likeness (QED) is 0.710. The molecular weight excluding hydrogens is 204 g/mol. The molecule has 0 radical (unpaired) electrons. The van der Waals surface area contributed by atoms with Gasteiger partial charge in [0.2, 0.25) is 0 Å². The zero-order valence-electron chi connectivity index (χ0n) is 9.34. The van der Waals surface area contributed by atoms with E-state index in [2.05, 4.69) is 14.8 Å². The molecule has 0 aromatic carbocycles. The summed E-state index contributed by atoms with van der Waals surface area (Å²) in [4.78, 5) is 19.2. The standard InChI is InChI=1S/C11H16N4O/c1-14-4-5-15(7-10(14)8-16)9-2-3-11(12)13-6-9/h2-3,6,8,10H,4-5,7H2,1H3,(H2,12,13). The lowest BCUT2D eigenvalue weighted by molar-refractivity contribution is -0.112. The highest BCUT2D eigenvalue weighted by Crippen LogP contribution is 2.17. The van der Waals surface area contributed by atoms with Gasteiger partial charge in [-0.1, -0.05) is 0 Å². The molecule has 1 aliphatic heterocycles. The van der Waals surface area contributed by atoms with Crippen LogP contribution < -0.4 is 10.6 Å². The number of aromatic nitrogens is 1. The molecule has 1 aliphatic rings. The van der Waals surface area contributed by atoms with Crippen LogP contribution in [0.3, 0.4) is 0 Å². The average molecular weight is 220 g/mol. The number of nitrogen functional groups attached to an aromatic ring is 1. The zero-order valence-corrected chi connectivity index (χ0v) is 9.34. The average Bonchev–Trinajstić information content (AvgIpc) is 2.31. The molecule has 0 amide bonds. The van der Waals surface area contributed by atoms with Crippen LogP contribution in [0.15, 0.2) is 18.3 Å². The van der Waals surface area contributed by atoms with Gasteiger partial charge in [-0.15, -0.1) is 0 Å². The summed E-state index contributed by atoms with van der Waals surface area (Å²) in [7, 11) is 1.97. The normalized spacial score (nSPS) is 22.1. The molecule has 16 heavy (non-hydrogen) atoms. The third kappa shape index (κ3) is 2.14. The van der Waals surface area contributed by atoms with Gasteiger partial charge < -0.3 is 15.4 Å². The molecule has 1 aromatic heterocycles. The molecule has 5 nitrogen and oxygen atoms in total. The molecule has 1 fully saturated rings. The fraction of sp³-hybridized carbons (Fsp3) is 0.455. The first kappa shape index (κ1) is 10.9. The van der Waals surface area contributed by atoms with Crippen LogP contribution in [0.1, 0.15) is 0 Å². The van der Waals surface area contributed by atoms with E-state index in [1.165, 1.54) is 0 Å². The number of aldehydes is 1. The van der Waals surface area contributed by atoms with Crippen LogP contribution in [0, 0.1) is 0 Å². The second-order valence-corrected chi connectivity index (χ2v) is 4.07. The van der Waals surface area contributed by atoms with E-state index in [-0.39, 0.29) is 6.04 Å². The lowest BCUT2D eigenvalue weighted by Gasteiger charge is -2.37. The summed E-state index contributed by atoms with van der Waals surface area (Å²) in [5.41, 5.74) is 6.56. The second kappa shape index (κ2) is 4.49. The third-order valence-electron chi connectivity index (χ3n) is 2.99. The van der Waals surface area contributed by atoms with Crippen molar-refractivity contribution in [2.75, 3.05) is 37.3 Å². The van der Waals surface area contributed by atoms with Crippen molar-refractivity contribution in [2.24, 2.45) is 0 Å². The van der Waals surface area contributed by atoms with Gasteiger partial charge in [-0.25, -0.2) is 4.98 Å². The molecule has 5 heteroatoms. The topological polar surface area (TPSA) is 62.5 Å². The molecule has 1 aromatic rings. The lowest BCUT2D eigenvalue weighted by atomic mass is 10.2. The Morgan fingerprint density at radius 1 is 1.50 bits per heavy atom. The SMILES string of the molecule is CN1CCN(c2ccc(N)nc2)CC1C=O. The first-order chi connectivity index (χ1) is 7.70. The number of anilines is 2. The molecule has 2 rings (SSSR count). The van der Waals surface area contributed by atoms with Gasteiger partial charge in [0.15, 0.2) is 0 Å². The smallest absolute Gasteiger partial charge is 0.138 e. The van der Waals surface area contributed by atoms with E-state index in [9.17, 15) is 4.79 Å². The van der Waals surface area contributed by atoms with E-state index in [0.29, 0.717) is 12.4 Å². The summed E-state index contributed by atoms with van der Waals surface area (Å²) >= 11 is 0. The number of nitrogens with zero attached hydrogens (tertiary/aromatic N) is 3. The number of carbonyl (C=O) groups excluding carboxylic acids is 1. The van der Waals surface area contributed by atoms with Crippen molar-refractivity contribution in [3.8, 4) is 0 Å². The molecule has 1 unspecified atom stereocenters. The van der Waals surface area contributed by atoms with Gasteiger partial charge in [0, 0.05) is 19.6 Å². The van der Waals surface area contributed by atoms with Crippen LogP contribution in [-0.2, 0) is 4.79 Å². The Morgan fingerprint density at radius 3 is 2.94 bits per heavy atom. The number of piperazine rings is 1. The van der Waals surface area contributed by atoms with Crippen molar-refractivity contribution < 1.29 is 4.79 Å². The van der Waals surface area contributed by atoms with Gasteiger partial charge >= 0.3 is 0 Å². The second-order valence-electron chi connectivity index (χ2n) is 4.07. The van der Waals surface area contributed by atoms with Crippen LogP contribution in [-0.4, -0.2) is 48.9 Å². The maximum atomic E-state index is 10.9. The summed E-state index contributed by atoms with van der Waals surface area (Å²) in [5, 5.41) is 0. The molecule has 0 spiro atoms. The van der Waals surface area contributed by atoms with Gasteiger partial charge in [0.1, 0.15) is 12.1 Å². The first-order valence-electron chi connectivity index (χ1n) is 5.32. The van der Waals surface area contributed by atoms with Crippen LogP contribution in [0.2, 0.25) is 0 Å². The number of hydrogen-bond donors (Lipinski definition) is 1. The molecular formula is C11H16N4O. The van der Waals surface area contributed by atoms with E-state index in [0.717, 1.165) is 25.1 Å². The number of pyridine rings is 1. The Hall–Kier alpha value is -1.62. The van der Waals surface area contributed by atoms with E-state index in [1.54, 1.807) is 12.3 Å². The maximum absolute atomic E-state index is 10.9. The van der Waals surface area contributed by atoms with Crippen molar-refractivity contribution in [1.82, 2.24) is 9.88 Å². The first-order valence-corrected chi connectivity index (χ1v) is 5.32. The van der Waals surface area contributed by atoms with Crippen molar-refractivity contribution in [3.63, 3.8) is 0 Å². The van der Waals surface area contributed by atoms with Crippen molar-refractivity contribution in [2.45, 2.75) is 6.04 Å². The van der Waals surface area contributed by atoms with E-state index >= 15 is 0 Å². The predicted octanol–water partition coefficient (Wildman–Crippen LogP) is -0.0169. The summed E-state index contributed by atoms with van der Waals surface area (Å²) in [6.07, 6.45) is 2.75. The number of hydrogen-bond acceptors (Lipinski definition) is 5. The predicted molar refractivity (Wildman–Crippen MR) is 63.3 cm³/mol. The summed E-state index contributed by atoms with van der Waals surface area (Å²) in [6.45, 7) is 2.51. The Balaban J connectivity index is 2.11. The molecule has 2 heterocycles. The van der Waals surface area contributed by atoms with Crippen LogP contribution in [0.4, 0.5) is 11.5 Å². The molecule has 2 N–H and O–H groups in total. The van der Waals surface area contributed by atoms with E-state index in [1.807, 2.05) is 13.1 Å². The number of carbonyl (C=O) groups is 1. The minimum atomic E-state index is -0.0358. The van der Waals surface area contributed by atoms with Gasteiger partial charge in [-0.3, -0.25) is 4.90 Å². The van der Waals surface area contributed by atoms with Crippen LogP contribution >= 0.6 is 0 Å². The molecule has 86 valence electrons. The Kier molecular flexibility index (Phi) is 3.05. The zero-order chi connectivity index (χ0) is 11.5. The Labute approximate surface area is 94.9 Å². The number of nitrogens with two attached hydrogens (primary N) is 1. The van der Waals surface area contributed by atoms with Crippen molar-refractivity contribution >= 4 is 17.8 Å². The Morgan fingerprint density at radius 2 is 2.31 bits per heavy atom. The number of rotatable bonds is 2. The highest BCUT2D eigenvalue weighted by atomic mass is 16.1. The maximum Gasteiger partial charge on any atom is 0.138 e. The van der Waals surface area contributed by atoms with E-state index < -0.39 is 0 Å². The number of likely N-dealkylation sites (N-methyl/N-ethyl adjacent to an activating group) is 1. The van der Waals surface area contributed by atoms with Crippen LogP contribution in [0.5, 0.6) is 0 Å². The highest BCUT2D eigenvalue weighted by Gasteiger charge is 2.23. The van der Waals surface area contributed by atoms with Crippen molar-refractivity contribution in [3.05, 3.63) is 18.3 Å². The minimum absolute atomic E-state index is 0.0358. The fourth-order valence-corrected chi connectivity index (χ4v) is 1.87. The Bertz CT molecular complexity index is 365. The monoisotopic (exact) mass is 220 g/mol. The molecule has 0 aliphatic carbocycles. The van der Waals surface area contributed by atoms with Gasteiger partial charge in [-0.05, 0) is 19.2 Å². The summed E-state index contributed by atoms with van der Waals surface area (Å²) in [5.74, 6) is 0.518. The summed E-state index contributed by atoms with van der Waals surface area (Å²) in [6, 6.07) is 3.69. The molecule has 0 saturated carbocycles. The van der Waals surface area contributed by atoms with Crippen molar-refractivity contribution in [1.29, 1.82) is 0 Å². The molecule has 0 bridgehead atoms. The largest absolute Gasteiger partial charge is 0.384 e. The molecule has 1 saturated heterocycles. The van der Waals surface area contributed by atoms with Gasteiger partial charge in [0.25, 0.3) is 0 Å². The third-order valence-corrected chi connectivity index (χ3v) is 2.99. The fourth-order valence-electron chi connectivity index (χ4n) is 1.87. The summed E-state index contributed by atoms with van der Waals surface area (Å²) < 4.78 is 0. The van der Waals surface area contributed by atoms with E-state index in [4.69, 9.17) is 5.73 Å². The molecule has 1 atom stereocenters. The van der Waals surface area contributed by atoms with Crippen LogP contribution in [0.25, 0.3) is 0 Å². The minimum Gasteiger partial charge on any atom is -0.384 e. The van der Waals surface area contributed by atoms with Gasteiger partial charge in [-0.2, -0.15) is 0 Å². The lowest BCUT2D eigenvalue weighted by Crippen LogP contribution is -2.52. The highest BCUT2D eigenvalue weighted by molar-refractivity contribution is 5.61.